The summed E-state index contributed by atoms with van der Waals surface area (Å²) in [6.45, 7) is 3.18. The van der Waals surface area contributed by atoms with E-state index in [-0.39, 0.29) is 17.4 Å². The van der Waals surface area contributed by atoms with E-state index < -0.39 is 10.0 Å². The van der Waals surface area contributed by atoms with Gasteiger partial charge in [-0.25, -0.2) is 8.42 Å². The Balaban J connectivity index is 1.09. The summed E-state index contributed by atoms with van der Waals surface area (Å²) >= 11 is 6.05. The van der Waals surface area contributed by atoms with Crippen molar-refractivity contribution in [2.75, 3.05) is 35.9 Å². The highest BCUT2D eigenvalue weighted by Gasteiger charge is 2.30. The normalized spacial score (nSPS) is 12.8. The quantitative estimate of drug-likeness (QED) is 0.264. The van der Waals surface area contributed by atoms with Crippen LogP contribution in [0.2, 0.25) is 5.02 Å². The average molecular weight is 565 g/mol. The Bertz CT molecular complexity index is 1630. The van der Waals surface area contributed by atoms with E-state index in [1.807, 2.05) is 48.5 Å². The lowest BCUT2D eigenvalue weighted by Crippen LogP contribution is -2.30. The van der Waals surface area contributed by atoms with Crippen molar-refractivity contribution in [3.05, 3.63) is 89.1 Å². The van der Waals surface area contributed by atoms with Crippen molar-refractivity contribution in [2.45, 2.75) is 24.7 Å². The Hall–Kier alpha value is -3.82. The van der Waals surface area contributed by atoms with Gasteiger partial charge >= 0.3 is 0 Å². The second-order valence-electron chi connectivity index (χ2n) is 9.32. The molecule has 3 aromatic carbocycles. The summed E-state index contributed by atoms with van der Waals surface area (Å²) < 4.78 is 33.7. The number of aromatic nitrogens is 1. The van der Waals surface area contributed by atoms with Crippen molar-refractivity contribution >= 4 is 49.8 Å². The Morgan fingerprint density at radius 2 is 1.92 bits per heavy atom. The first-order valence-electron chi connectivity index (χ1n) is 12.7. The molecule has 0 saturated heterocycles. The maximum absolute atomic E-state index is 13.3. The zero-order valence-corrected chi connectivity index (χ0v) is 23.1. The number of carbonyl (C=O) groups is 1. The van der Waals surface area contributed by atoms with Crippen LogP contribution in [0.15, 0.2) is 77.8 Å². The molecule has 1 amide bonds. The number of fused-ring (bicyclic) bond motifs is 2. The van der Waals surface area contributed by atoms with Gasteiger partial charge in [0.15, 0.2) is 6.61 Å². The van der Waals surface area contributed by atoms with Crippen LogP contribution in [0, 0.1) is 6.92 Å². The molecule has 0 spiro atoms. The summed E-state index contributed by atoms with van der Waals surface area (Å²) in [7, 11) is -3.69. The minimum atomic E-state index is -3.69. The van der Waals surface area contributed by atoms with Gasteiger partial charge in [0.25, 0.3) is 15.9 Å². The minimum Gasteiger partial charge on any atom is -0.484 e. The van der Waals surface area contributed by atoms with Gasteiger partial charge in [-0.15, -0.1) is 0 Å². The van der Waals surface area contributed by atoms with Crippen molar-refractivity contribution in [1.82, 2.24) is 10.3 Å². The van der Waals surface area contributed by atoms with Gasteiger partial charge in [0, 0.05) is 41.9 Å². The highest BCUT2D eigenvalue weighted by Crippen LogP contribution is 2.33. The topological polar surface area (TPSA) is 101 Å². The predicted octanol–water partition coefficient (Wildman–Crippen LogP) is 4.95. The molecule has 4 aromatic rings. The van der Waals surface area contributed by atoms with Crippen LogP contribution in [0.1, 0.15) is 17.5 Å². The molecule has 0 fully saturated rings. The molecule has 2 N–H and O–H groups in total. The lowest BCUT2D eigenvalue weighted by atomic mass is 10.2. The standard InChI is InChI=1S/C29H29ClN4O4S/c1-20-17-23(39(36,37)34-16-12-21-5-2-3-6-27(21)34)8-10-28(20)38-19-29(35)33-14-4-13-31-25-11-15-32-26-18-22(30)7-9-24(25)26/h2-3,5-11,15,17-18H,4,12-14,16,19H2,1H3,(H,31,32)(H,33,35). The third kappa shape index (κ3) is 5.94. The number of nitrogens with zero attached hydrogens (tertiary/aromatic N) is 2. The molecule has 0 atom stereocenters. The van der Waals surface area contributed by atoms with Gasteiger partial charge in [-0.05, 0) is 79.4 Å². The first-order chi connectivity index (χ1) is 18.8. The molecule has 2 heterocycles. The van der Waals surface area contributed by atoms with Crippen LogP contribution in [-0.4, -0.2) is 45.6 Å². The highest BCUT2D eigenvalue weighted by atomic mass is 35.5. The summed E-state index contributed by atoms with van der Waals surface area (Å²) in [6.07, 6.45) is 3.14. The van der Waals surface area contributed by atoms with Gasteiger partial charge < -0.3 is 15.4 Å². The van der Waals surface area contributed by atoms with Crippen LogP contribution in [0.25, 0.3) is 10.9 Å². The van der Waals surface area contributed by atoms with Crippen LogP contribution in [-0.2, 0) is 21.2 Å². The van der Waals surface area contributed by atoms with E-state index in [9.17, 15) is 13.2 Å². The van der Waals surface area contributed by atoms with Crippen molar-refractivity contribution in [3.63, 3.8) is 0 Å². The van der Waals surface area contributed by atoms with Crippen LogP contribution < -0.4 is 19.7 Å². The molecule has 1 aromatic heterocycles. The molecular formula is C29H29ClN4O4S. The molecule has 202 valence electrons. The lowest BCUT2D eigenvalue weighted by molar-refractivity contribution is -0.123. The Morgan fingerprint density at radius 3 is 2.77 bits per heavy atom. The Morgan fingerprint density at radius 1 is 1.08 bits per heavy atom. The van der Waals surface area contributed by atoms with Crippen LogP contribution in [0.4, 0.5) is 11.4 Å². The fourth-order valence-corrected chi connectivity index (χ4v) is 6.39. The first kappa shape index (κ1) is 26.8. The zero-order chi connectivity index (χ0) is 27.4. The molecule has 0 radical (unpaired) electrons. The lowest BCUT2D eigenvalue weighted by Gasteiger charge is -2.20. The molecule has 39 heavy (non-hydrogen) atoms. The number of nitrogens with one attached hydrogen (secondary N) is 2. The van der Waals surface area contributed by atoms with Gasteiger partial charge in [-0.1, -0.05) is 29.8 Å². The fourth-order valence-electron chi connectivity index (χ4n) is 4.64. The molecule has 0 saturated carbocycles. The number of hydrogen-bond acceptors (Lipinski definition) is 6. The van der Waals surface area contributed by atoms with Crippen molar-refractivity contribution < 1.29 is 17.9 Å². The maximum atomic E-state index is 13.3. The molecule has 1 aliphatic rings. The summed E-state index contributed by atoms with van der Waals surface area (Å²) in [5.41, 5.74) is 4.17. The summed E-state index contributed by atoms with van der Waals surface area (Å²) in [5.74, 6) is 0.223. The van der Waals surface area contributed by atoms with E-state index >= 15 is 0 Å². The number of rotatable bonds is 10. The van der Waals surface area contributed by atoms with Gasteiger partial charge in [0.2, 0.25) is 0 Å². The number of amides is 1. The van der Waals surface area contributed by atoms with E-state index in [1.165, 1.54) is 10.4 Å². The van der Waals surface area contributed by atoms with Crippen molar-refractivity contribution in [2.24, 2.45) is 0 Å². The molecular weight excluding hydrogens is 536 g/mol. The number of halogens is 1. The van der Waals surface area contributed by atoms with Crippen LogP contribution in [0.3, 0.4) is 0 Å². The molecule has 8 nitrogen and oxygen atoms in total. The molecule has 0 unspecified atom stereocenters. The summed E-state index contributed by atoms with van der Waals surface area (Å²) in [4.78, 5) is 16.8. The molecule has 0 aliphatic carbocycles. The largest absolute Gasteiger partial charge is 0.484 e. The van der Waals surface area contributed by atoms with E-state index in [1.54, 1.807) is 25.3 Å². The van der Waals surface area contributed by atoms with Crippen LogP contribution >= 0.6 is 11.6 Å². The second kappa shape index (κ2) is 11.5. The Kier molecular flexibility index (Phi) is 7.90. The van der Waals surface area contributed by atoms with E-state index in [0.717, 1.165) is 27.8 Å². The molecule has 5 rings (SSSR count). The van der Waals surface area contributed by atoms with Crippen LogP contribution in [0.5, 0.6) is 5.75 Å². The number of carbonyl (C=O) groups excluding carboxylic acids is 1. The highest BCUT2D eigenvalue weighted by molar-refractivity contribution is 7.92. The van der Waals surface area contributed by atoms with E-state index in [4.69, 9.17) is 16.3 Å². The number of pyridine rings is 1. The van der Waals surface area contributed by atoms with Crippen molar-refractivity contribution in [3.8, 4) is 5.75 Å². The number of sulfonamides is 1. The number of benzene rings is 3. The number of hydrogen-bond donors (Lipinski definition) is 2. The monoisotopic (exact) mass is 564 g/mol. The number of para-hydroxylation sites is 1. The van der Waals surface area contributed by atoms with Crippen molar-refractivity contribution in [1.29, 1.82) is 0 Å². The third-order valence-corrected chi connectivity index (χ3v) is 8.68. The zero-order valence-electron chi connectivity index (χ0n) is 21.5. The Labute approximate surface area is 233 Å². The number of aryl methyl sites for hydroxylation is 1. The molecule has 1 aliphatic heterocycles. The van der Waals surface area contributed by atoms with E-state index in [0.29, 0.717) is 48.8 Å². The van der Waals surface area contributed by atoms with Gasteiger partial charge in [-0.3, -0.25) is 14.1 Å². The maximum Gasteiger partial charge on any atom is 0.264 e. The van der Waals surface area contributed by atoms with Gasteiger partial charge in [0.1, 0.15) is 5.75 Å². The summed E-state index contributed by atoms with van der Waals surface area (Å²) in [5, 5.41) is 7.85. The minimum absolute atomic E-state index is 0.157. The smallest absolute Gasteiger partial charge is 0.264 e. The van der Waals surface area contributed by atoms with E-state index in [2.05, 4.69) is 15.6 Å². The average Bonchev–Trinajstić information content (AvgIpc) is 3.37. The molecule has 10 heteroatoms. The number of ether oxygens (including phenoxy) is 1. The third-order valence-electron chi connectivity index (χ3n) is 6.63. The SMILES string of the molecule is Cc1cc(S(=O)(=O)N2CCc3ccccc32)ccc1OCC(=O)NCCCNc1ccnc2cc(Cl)ccc12. The number of anilines is 2. The predicted molar refractivity (Wildman–Crippen MR) is 154 cm³/mol. The summed E-state index contributed by atoms with van der Waals surface area (Å²) in [6, 6.07) is 19.8. The van der Waals surface area contributed by atoms with Gasteiger partial charge in [0.05, 0.1) is 16.1 Å². The molecule has 0 bridgehead atoms. The first-order valence-corrected chi connectivity index (χ1v) is 14.5. The van der Waals surface area contributed by atoms with Gasteiger partial charge in [-0.2, -0.15) is 0 Å². The fraction of sp³-hybridized carbons (Fsp3) is 0.241. The second-order valence-corrected chi connectivity index (χ2v) is 11.6.